The summed E-state index contributed by atoms with van der Waals surface area (Å²) >= 11 is 0. The van der Waals surface area contributed by atoms with Crippen molar-refractivity contribution in [3.63, 3.8) is 0 Å². The molecule has 6 heteroatoms. The second-order valence-electron chi connectivity index (χ2n) is 5.31. The summed E-state index contributed by atoms with van der Waals surface area (Å²) in [4.78, 5) is 12.7. The molecule has 3 aromatic rings. The number of benzene rings is 2. The molecule has 6 nitrogen and oxygen atoms in total. The first-order valence-corrected chi connectivity index (χ1v) is 7.18. The zero-order chi connectivity index (χ0) is 17.4. The third-order valence-electron chi connectivity index (χ3n) is 3.76. The van der Waals surface area contributed by atoms with E-state index in [1.165, 1.54) is 14.2 Å². The minimum Gasteiger partial charge on any atom is -0.507 e. The van der Waals surface area contributed by atoms with Crippen molar-refractivity contribution in [3.05, 3.63) is 46.1 Å². The van der Waals surface area contributed by atoms with Gasteiger partial charge in [0.15, 0.2) is 17.1 Å². The number of aryl methyl sites for hydroxylation is 1. The molecule has 0 radical (unpaired) electrons. The molecule has 0 spiro atoms. The monoisotopic (exact) mass is 328 g/mol. The summed E-state index contributed by atoms with van der Waals surface area (Å²) in [5, 5.41) is 19.9. The third kappa shape index (κ3) is 2.32. The van der Waals surface area contributed by atoms with Gasteiger partial charge in [0.05, 0.1) is 14.2 Å². The highest BCUT2D eigenvalue weighted by molar-refractivity contribution is 5.93. The molecule has 24 heavy (non-hydrogen) atoms. The van der Waals surface area contributed by atoms with E-state index in [2.05, 4.69) is 0 Å². The van der Waals surface area contributed by atoms with Crippen LogP contribution in [-0.4, -0.2) is 24.4 Å². The van der Waals surface area contributed by atoms with E-state index in [1.54, 1.807) is 12.1 Å². The number of rotatable bonds is 3. The summed E-state index contributed by atoms with van der Waals surface area (Å²) in [5.74, 6) is -0.611. The lowest BCUT2D eigenvalue weighted by Gasteiger charge is -2.13. The number of ether oxygens (including phenoxy) is 2. The van der Waals surface area contributed by atoms with Crippen molar-refractivity contribution in [3.8, 4) is 34.3 Å². The Hall–Kier alpha value is -3.15. The number of phenolic OH excluding ortho intramolecular Hbond substituents is 2. The highest BCUT2D eigenvalue weighted by atomic mass is 16.5. The number of hydrogen-bond donors (Lipinski definition) is 2. The van der Waals surface area contributed by atoms with Crippen LogP contribution in [0.4, 0.5) is 0 Å². The lowest BCUT2D eigenvalue weighted by molar-refractivity contribution is 0.363. The van der Waals surface area contributed by atoms with E-state index in [1.807, 2.05) is 19.1 Å². The van der Waals surface area contributed by atoms with Crippen molar-refractivity contribution in [2.45, 2.75) is 6.92 Å². The van der Waals surface area contributed by atoms with Gasteiger partial charge in [0.25, 0.3) is 0 Å². The third-order valence-corrected chi connectivity index (χ3v) is 3.76. The van der Waals surface area contributed by atoms with Crippen LogP contribution in [0.1, 0.15) is 5.56 Å². The minimum absolute atomic E-state index is 0.0316. The molecule has 0 atom stereocenters. The van der Waals surface area contributed by atoms with Crippen LogP contribution in [-0.2, 0) is 0 Å². The molecular formula is C18H16O6. The Bertz CT molecular complexity index is 970. The molecule has 0 saturated heterocycles. The molecule has 0 saturated carbocycles. The molecule has 2 aromatic carbocycles. The zero-order valence-electron chi connectivity index (χ0n) is 13.4. The first-order chi connectivity index (χ1) is 11.5. The Balaban J connectivity index is 2.46. The summed E-state index contributed by atoms with van der Waals surface area (Å²) in [5.41, 5.74) is 1.08. The highest BCUT2D eigenvalue weighted by Gasteiger charge is 2.23. The standard InChI is InChI=1S/C18H16O6/c1-9-4-6-10(7-5-9)15-18(23-3)14(21)13-11(19)8-12(20)16(22-2)17(13)24-15/h4-8,19-20H,1-3H3. The molecule has 0 aliphatic heterocycles. The second-order valence-corrected chi connectivity index (χ2v) is 5.31. The van der Waals surface area contributed by atoms with Gasteiger partial charge in [-0.15, -0.1) is 0 Å². The van der Waals surface area contributed by atoms with Crippen molar-refractivity contribution in [1.82, 2.24) is 0 Å². The van der Waals surface area contributed by atoms with Crippen LogP contribution in [0.25, 0.3) is 22.3 Å². The van der Waals surface area contributed by atoms with E-state index in [9.17, 15) is 15.0 Å². The summed E-state index contributed by atoms with van der Waals surface area (Å²) in [6, 6.07) is 8.35. The molecule has 0 aliphatic carbocycles. The average molecular weight is 328 g/mol. The molecule has 1 heterocycles. The SMILES string of the molecule is COc1c(-c2ccc(C)cc2)oc2c(OC)c(O)cc(O)c2c1=O. The van der Waals surface area contributed by atoms with Crippen molar-refractivity contribution in [2.75, 3.05) is 14.2 Å². The molecule has 0 amide bonds. The van der Waals surface area contributed by atoms with Crippen molar-refractivity contribution < 1.29 is 24.1 Å². The number of phenols is 2. The maximum absolute atomic E-state index is 12.7. The maximum Gasteiger partial charge on any atom is 0.239 e. The Morgan fingerprint density at radius 3 is 2.17 bits per heavy atom. The molecule has 3 rings (SSSR count). The first-order valence-electron chi connectivity index (χ1n) is 7.18. The van der Waals surface area contributed by atoms with E-state index in [-0.39, 0.29) is 34.0 Å². The molecule has 124 valence electrons. The predicted molar refractivity (Wildman–Crippen MR) is 89.1 cm³/mol. The molecular weight excluding hydrogens is 312 g/mol. The minimum atomic E-state index is -0.551. The van der Waals surface area contributed by atoms with E-state index in [0.29, 0.717) is 5.56 Å². The fraction of sp³-hybridized carbons (Fsp3) is 0.167. The molecule has 0 aliphatic rings. The first kappa shape index (κ1) is 15.7. The summed E-state index contributed by atoms with van der Waals surface area (Å²) in [6.07, 6.45) is 0. The second kappa shape index (κ2) is 5.81. The summed E-state index contributed by atoms with van der Waals surface area (Å²) in [6.45, 7) is 1.94. The van der Waals surface area contributed by atoms with Crippen LogP contribution in [0, 0.1) is 6.92 Å². The van der Waals surface area contributed by atoms with Gasteiger partial charge in [-0.2, -0.15) is 0 Å². The Kier molecular flexibility index (Phi) is 3.81. The maximum atomic E-state index is 12.7. The van der Waals surface area contributed by atoms with Crippen LogP contribution in [0.3, 0.4) is 0 Å². The van der Waals surface area contributed by atoms with Gasteiger partial charge in [0.1, 0.15) is 11.1 Å². The van der Waals surface area contributed by atoms with E-state index in [4.69, 9.17) is 13.9 Å². The quantitative estimate of drug-likeness (QED) is 0.767. The van der Waals surface area contributed by atoms with Gasteiger partial charge in [0, 0.05) is 11.6 Å². The van der Waals surface area contributed by atoms with Gasteiger partial charge in [0.2, 0.25) is 16.9 Å². The van der Waals surface area contributed by atoms with Gasteiger partial charge >= 0.3 is 0 Å². The molecule has 2 N–H and O–H groups in total. The number of methoxy groups -OCH3 is 2. The fourth-order valence-corrected chi connectivity index (χ4v) is 2.57. The summed E-state index contributed by atoms with van der Waals surface area (Å²) < 4.78 is 16.1. The lowest BCUT2D eigenvalue weighted by Crippen LogP contribution is -2.08. The van der Waals surface area contributed by atoms with E-state index >= 15 is 0 Å². The van der Waals surface area contributed by atoms with Crippen LogP contribution in [0.5, 0.6) is 23.0 Å². The zero-order valence-corrected chi connectivity index (χ0v) is 13.4. The molecule has 0 fully saturated rings. The number of hydrogen-bond acceptors (Lipinski definition) is 6. The summed E-state index contributed by atoms with van der Waals surface area (Å²) in [7, 11) is 2.69. The van der Waals surface area contributed by atoms with E-state index < -0.39 is 11.2 Å². The predicted octanol–water partition coefficient (Wildman–Crippen LogP) is 3.20. The Labute approximate surface area is 137 Å². The fourth-order valence-electron chi connectivity index (χ4n) is 2.57. The van der Waals surface area contributed by atoms with E-state index in [0.717, 1.165) is 11.6 Å². The van der Waals surface area contributed by atoms with Gasteiger partial charge < -0.3 is 24.1 Å². The van der Waals surface area contributed by atoms with Gasteiger partial charge in [-0.1, -0.05) is 29.8 Å². The lowest BCUT2D eigenvalue weighted by atomic mass is 10.1. The average Bonchev–Trinajstić information content (AvgIpc) is 2.55. The topological polar surface area (TPSA) is 89.1 Å². The van der Waals surface area contributed by atoms with Gasteiger partial charge in [-0.05, 0) is 6.92 Å². The smallest absolute Gasteiger partial charge is 0.239 e. The van der Waals surface area contributed by atoms with Crippen LogP contribution in [0.15, 0.2) is 39.5 Å². The van der Waals surface area contributed by atoms with Crippen LogP contribution >= 0.6 is 0 Å². The molecule has 1 aromatic heterocycles. The van der Waals surface area contributed by atoms with Crippen molar-refractivity contribution in [1.29, 1.82) is 0 Å². The number of fused-ring (bicyclic) bond motifs is 1. The van der Waals surface area contributed by atoms with Crippen LogP contribution in [0.2, 0.25) is 0 Å². The Morgan fingerprint density at radius 1 is 0.958 bits per heavy atom. The molecule has 0 unspecified atom stereocenters. The normalized spacial score (nSPS) is 10.8. The van der Waals surface area contributed by atoms with Crippen LogP contribution < -0.4 is 14.9 Å². The number of aromatic hydroxyl groups is 2. The van der Waals surface area contributed by atoms with Gasteiger partial charge in [-0.25, -0.2) is 0 Å². The van der Waals surface area contributed by atoms with Crippen molar-refractivity contribution >= 4 is 11.0 Å². The Morgan fingerprint density at radius 2 is 1.58 bits per heavy atom. The highest BCUT2D eigenvalue weighted by Crippen LogP contribution is 2.42. The molecule has 0 bridgehead atoms. The largest absolute Gasteiger partial charge is 0.507 e. The van der Waals surface area contributed by atoms with Gasteiger partial charge in [-0.3, -0.25) is 4.79 Å². The van der Waals surface area contributed by atoms with Crippen molar-refractivity contribution in [2.24, 2.45) is 0 Å².